The van der Waals surface area contributed by atoms with Crippen LogP contribution in [0, 0.1) is 0 Å². The minimum Gasteiger partial charge on any atom is -0.392 e. The lowest BCUT2D eigenvalue weighted by Crippen LogP contribution is -2.11. The number of benzene rings is 3. The number of hydrogen-bond donors (Lipinski definition) is 2. The van der Waals surface area contributed by atoms with Gasteiger partial charge in [-0.15, -0.1) is 0 Å². The van der Waals surface area contributed by atoms with Crippen molar-refractivity contribution >= 4 is 11.6 Å². The van der Waals surface area contributed by atoms with Gasteiger partial charge in [0.1, 0.15) is 0 Å². The molecule has 2 N–H and O–H groups in total. The molecule has 0 unspecified atom stereocenters. The van der Waals surface area contributed by atoms with Gasteiger partial charge in [0.05, 0.1) is 6.61 Å². The second-order valence-electron chi connectivity index (χ2n) is 6.32. The number of hydrogen-bond acceptors (Lipinski definition) is 2. The Bertz CT molecular complexity index is 824. The second kappa shape index (κ2) is 8.97. The summed E-state index contributed by atoms with van der Waals surface area (Å²) in [6.45, 7) is 0.0112. The first-order chi connectivity index (χ1) is 12.7. The zero-order valence-electron chi connectivity index (χ0n) is 14.7. The summed E-state index contributed by atoms with van der Waals surface area (Å²) < 4.78 is 0. The summed E-state index contributed by atoms with van der Waals surface area (Å²) in [5, 5.41) is 11.9. The number of aliphatic hydroxyl groups is 1. The van der Waals surface area contributed by atoms with Gasteiger partial charge in [-0.25, -0.2) is 0 Å². The highest BCUT2D eigenvalue weighted by molar-refractivity contribution is 5.90. The normalized spacial score (nSPS) is 10.5. The Kier molecular flexibility index (Phi) is 6.18. The molecule has 0 aliphatic carbocycles. The molecule has 3 rings (SSSR count). The number of aryl methyl sites for hydroxylation is 1. The van der Waals surface area contributed by atoms with Crippen LogP contribution in [0.2, 0.25) is 0 Å². The van der Waals surface area contributed by atoms with Crippen LogP contribution in [0.25, 0.3) is 11.1 Å². The molecular formula is C23H23NO2. The summed E-state index contributed by atoms with van der Waals surface area (Å²) in [5.41, 5.74) is 5.26. The van der Waals surface area contributed by atoms with Crippen LogP contribution in [0.3, 0.4) is 0 Å². The maximum Gasteiger partial charge on any atom is 0.224 e. The predicted molar refractivity (Wildman–Crippen MR) is 106 cm³/mol. The fraction of sp³-hybridized carbons (Fsp3) is 0.174. The highest BCUT2D eigenvalue weighted by Gasteiger charge is 2.04. The average Bonchev–Trinajstić information content (AvgIpc) is 2.70. The van der Waals surface area contributed by atoms with Crippen molar-refractivity contribution in [1.29, 1.82) is 0 Å². The number of amides is 1. The van der Waals surface area contributed by atoms with E-state index in [2.05, 4.69) is 41.7 Å². The summed E-state index contributed by atoms with van der Waals surface area (Å²) in [7, 11) is 0. The zero-order chi connectivity index (χ0) is 18.2. The molecular weight excluding hydrogens is 322 g/mol. The quantitative estimate of drug-likeness (QED) is 0.646. The molecule has 3 nitrogen and oxygen atoms in total. The van der Waals surface area contributed by atoms with Crippen LogP contribution in [-0.2, 0) is 17.8 Å². The molecule has 26 heavy (non-hydrogen) atoms. The van der Waals surface area contributed by atoms with E-state index in [-0.39, 0.29) is 12.5 Å². The van der Waals surface area contributed by atoms with E-state index in [1.165, 1.54) is 16.7 Å². The molecule has 0 atom stereocenters. The fourth-order valence-corrected chi connectivity index (χ4v) is 2.86. The summed E-state index contributed by atoms with van der Waals surface area (Å²) in [4.78, 5) is 12.0. The molecule has 0 saturated carbocycles. The Morgan fingerprint density at radius 1 is 0.769 bits per heavy atom. The van der Waals surface area contributed by atoms with Crippen LogP contribution in [0.5, 0.6) is 0 Å². The lowest BCUT2D eigenvalue weighted by molar-refractivity contribution is -0.116. The van der Waals surface area contributed by atoms with E-state index in [0.717, 1.165) is 24.1 Å². The Labute approximate surface area is 154 Å². The second-order valence-corrected chi connectivity index (χ2v) is 6.32. The van der Waals surface area contributed by atoms with E-state index < -0.39 is 0 Å². The van der Waals surface area contributed by atoms with Crippen molar-refractivity contribution in [3.63, 3.8) is 0 Å². The number of carbonyl (C=O) groups excluding carboxylic acids is 1. The van der Waals surface area contributed by atoms with Crippen molar-refractivity contribution in [2.24, 2.45) is 0 Å². The monoisotopic (exact) mass is 345 g/mol. The lowest BCUT2D eigenvalue weighted by Gasteiger charge is -2.07. The maximum atomic E-state index is 12.0. The first kappa shape index (κ1) is 17.9. The van der Waals surface area contributed by atoms with Gasteiger partial charge in [-0.3, -0.25) is 4.79 Å². The molecule has 0 saturated heterocycles. The molecule has 0 spiro atoms. The van der Waals surface area contributed by atoms with Crippen LogP contribution >= 0.6 is 0 Å². The van der Waals surface area contributed by atoms with Gasteiger partial charge < -0.3 is 10.4 Å². The minimum atomic E-state index is 0.0112. The van der Waals surface area contributed by atoms with Crippen molar-refractivity contribution in [2.75, 3.05) is 5.32 Å². The molecule has 3 heteroatoms. The Morgan fingerprint density at radius 3 is 2.04 bits per heavy atom. The maximum absolute atomic E-state index is 12.0. The van der Waals surface area contributed by atoms with Gasteiger partial charge in [-0.1, -0.05) is 66.7 Å². The van der Waals surface area contributed by atoms with Crippen molar-refractivity contribution in [3.8, 4) is 11.1 Å². The fourth-order valence-electron chi connectivity index (χ4n) is 2.86. The van der Waals surface area contributed by atoms with Gasteiger partial charge in [-0.05, 0) is 47.2 Å². The number of aliphatic hydroxyl groups excluding tert-OH is 1. The van der Waals surface area contributed by atoms with E-state index in [0.29, 0.717) is 6.42 Å². The highest BCUT2D eigenvalue weighted by Crippen LogP contribution is 2.20. The third-order valence-corrected chi connectivity index (χ3v) is 4.35. The SMILES string of the molecule is O=C(CCCc1ccc(-c2ccccc2)cc1)Nc1ccc(CO)cc1. The van der Waals surface area contributed by atoms with Crippen LogP contribution < -0.4 is 5.32 Å². The standard InChI is InChI=1S/C23H23NO2/c25-17-19-11-15-22(16-12-19)24-23(26)8-4-5-18-9-13-21(14-10-18)20-6-2-1-3-7-20/h1-3,6-7,9-16,25H,4-5,8,17H2,(H,24,26). The van der Waals surface area contributed by atoms with Gasteiger partial charge in [-0.2, -0.15) is 0 Å². The molecule has 3 aromatic rings. The molecule has 0 radical (unpaired) electrons. The van der Waals surface area contributed by atoms with E-state index in [4.69, 9.17) is 5.11 Å². The largest absolute Gasteiger partial charge is 0.392 e. The van der Waals surface area contributed by atoms with Crippen molar-refractivity contribution < 1.29 is 9.90 Å². The molecule has 0 aliphatic rings. The highest BCUT2D eigenvalue weighted by atomic mass is 16.3. The van der Waals surface area contributed by atoms with Gasteiger partial charge in [0, 0.05) is 12.1 Å². The molecule has 132 valence electrons. The van der Waals surface area contributed by atoms with E-state index in [1.807, 2.05) is 42.5 Å². The first-order valence-electron chi connectivity index (χ1n) is 8.88. The molecule has 3 aromatic carbocycles. The molecule has 0 aliphatic heterocycles. The predicted octanol–water partition coefficient (Wildman–Crippen LogP) is 4.81. The minimum absolute atomic E-state index is 0.0112. The Balaban J connectivity index is 1.46. The third kappa shape index (κ3) is 5.04. The summed E-state index contributed by atoms with van der Waals surface area (Å²) in [6.07, 6.45) is 2.18. The molecule has 0 aromatic heterocycles. The average molecular weight is 345 g/mol. The summed E-state index contributed by atoms with van der Waals surface area (Å²) in [6, 6.07) is 26.1. The van der Waals surface area contributed by atoms with E-state index in [1.54, 1.807) is 0 Å². The third-order valence-electron chi connectivity index (χ3n) is 4.35. The molecule has 0 heterocycles. The summed E-state index contributed by atoms with van der Waals surface area (Å²) in [5.74, 6) is 0.0163. The van der Waals surface area contributed by atoms with Crippen LogP contribution in [0.4, 0.5) is 5.69 Å². The summed E-state index contributed by atoms with van der Waals surface area (Å²) >= 11 is 0. The van der Waals surface area contributed by atoms with Crippen LogP contribution in [-0.4, -0.2) is 11.0 Å². The van der Waals surface area contributed by atoms with Crippen molar-refractivity contribution in [2.45, 2.75) is 25.9 Å². The van der Waals surface area contributed by atoms with Crippen LogP contribution in [0.15, 0.2) is 78.9 Å². The van der Waals surface area contributed by atoms with Crippen molar-refractivity contribution in [1.82, 2.24) is 0 Å². The van der Waals surface area contributed by atoms with Crippen molar-refractivity contribution in [3.05, 3.63) is 90.0 Å². The van der Waals surface area contributed by atoms with Gasteiger partial charge in [0.15, 0.2) is 0 Å². The first-order valence-corrected chi connectivity index (χ1v) is 8.88. The van der Waals surface area contributed by atoms with Gasteiger partial charge in [0.2, 0.25) is 5.91 Å². The Morgan fingerprint density at radius 2 is 1.38 bits per heavy atom. The lowest BCUT2D eigenvalue weighted by atomic mass is 10.0. The van der Waals surface area contributed by atoms with Gasteiger partial charge in [0.25, 0.3) is 0 Å². The molecule has 1 amide bonds. The number of anilines is 1. The van der Waals surface area contributed by atoms with Gasteiger partial charge >= 0.3 is 0 Å². The molecule has 0 fully saturated rings. The smallest absolute Gasteiger partial charge is 0.224 e. The Hall–Kier alpha value is -2.91. The zero-order valence-corrected chi connectivity index (χ0v) is 14.7. The number of carbonyl (C=O) groups is 1. The molecule has 0 bridgehead atoms. The van der Waals surface area contributed by atoms with E-state index >= 15 is 0 Å². The number of nitrogens with one attached hydrogen (secondary N) is 1. The number of rotatable bonds is 7. The topological polar surface area (TPSA) is 49.3 Å². The van der Waals surface area contributed by atoms with E-state index in [9.17, 15) is 4.79 Å². The van der Waals surface area contributed by atoms with Crippen LogP contribution in [0.1, 0.15) is 24.0 Å².